The van der Waals surface area contributed by atoms with Gasteiger partial charge in [0.15, 0.2) is 0 Å². The van der Waals surface area contributed by atoms with Crippen molar-refractivity contribution in [3.05, 3.63) is 21.8 Å². The van der Waals surface area contributed by atoms with Gasteiger partial charge in [-0.25, -0.2) is 9.78 Å². The molecule has 0 radical (unpaired) electrons. The van der Waals surface area contributed by atoms with Gasteiger partial charge in [-0.2, -0.15) is 0 Å². The average molecular weight is 287 g/mol. The van der Waals surface area contributed by atoms with Crippen LogP contribution in [0.5, 0.6) is 0 Å². The van der Waals surface area contributed by atoms with Crippen LogP contribution in [-0.2, 0) is 0 Å². The number of nitrogens with zero attached hydrogens (tertiary/aromatic N) is 2. The van der Waals surface area contributed by atoms with Crippen LogP contribution >= 0.6 is 23.2 Å². The minimum Gasteiger partial charge on any atom is -0.478 e. The van der Waals surface area contributed by atoms with Crippen LogP contribution in [0.15, 0.2) is 6.07 Å². The fourth-order valence-electron chi connectivity index (χ4n) is 2.60. The summed E-state index contributed by atoms with van der Waals surface area (Å²) in [6, 6.07) is 1.37. The Morgan fingerprint density at radius 1 is 1.39 bits per heavy atom. The van der Waals surface area contributed by atoms with Crippen molar-refractivity contribution >= 4 is 35.0 Å². The van der Waals surface area contributed by atoms with E-state index in [1.165, 1.54) is 18.9 Å². The van der Waals surface area contributed by atoms with E-state index in [4.69, 9.17) is 23.2 Å². The van der Waals surface area contributed by atoms with E-state index in [0.29, 0.717) is 11.2 Å². The summed E-state index contributed by atoms with van der Waals surface area (Å²) < 4.78 is 0. The molecule has 1 spiro atoms. The van der Waals surface area contributed by atoms with E-state index in [9.17, 15) is 9.90 Å². The van der Waals surface area contributed by atoms with Crippen LogP contribution in [-0.4, -0.2) is 29.1 Å². The molecule has 2 aliphatic rings. The number of carboxylic acid groups (broad SMARTS) is 1. The molecule has 0 amide bonds. The lowest BCUT2D eigenvalue weighted by atomic mass is 10.1. The summed E-state index contributed by atoms with van der Waals surface area (Å²) in [5.41, 5.74) is 0.450. The lowest BCUT2D eigenvalue weighted by molar-refractivity contribution is 0.0697. The number of aromatic nitrogens is 1. The van der Waals surface area contributed by atoms with Gasteiger partial charge >= 0.3 is 5.97 Å². The standard InChI is InChI=1S/C12H12Cl2N2O2/c13-7-5-8(14)15-10(9(7)11(17)18)16-4-3-12(6-16)1-2-12/h5H,1-4,6H2,(H,17,18). The summed E-state index contributed by atoms with van der Waals surface area (Å²) in [6.45, 7) is 1.68. The number of rotatable bonds is 2. The first-order chi connectivity index (χ1) is 8.51. The van der Waals surface area contributed by atoms with Crippen LogP contribution in [0.3, 0.4) is 0 Å². The Hall–Kier alpha value is -1.00. The van der Waals surface area contributed by atoms with Gasteiger partial charge in [0.05, 0.1) is 5.02 Å². The normalized spacial score (nSPS) is 20.4. The maximum absolute atomic E-state index is 11.3. The number of carbonyl (C=O) groups is 1. The smallest absolute Gasteiger partial charge is 0.341 e. The van der Waals surface area contributed by atoms with E-state index in [2.05, 4.69) is 4.98 Å². The zero-order valence-electron chi connectivity index (χ0n) is 9.62. The summed E-state index contributed by atoms with van der Waals surface area (Å²) in [6.07, 6.45) is 3.54. The molecule has 1 aliphatic heterocycles. The van der Waals surface area contributed by atoms with Crippen LogP contribution in [0.4, 0.5) is 5.82 Å². The molecule has 0 aromatic carbocycles. The summed E-state index contributed by atoms with van der Waals surface area (Å²) in [5, 5.41) is 9.63. The number of hydrogen-bond donors (Lipinski definition) is 1. The van der Waals surface area contributed by atoms with Crippen molar-refractivity contribution in [3.63, 3.8) is 0 Å². The largest absolute Gasteiger partial charge is 0.478 e. The third-order valence-electron chi connectivity index (χ3n) is 3.83. The average Bonchev–Trinajstić information content (AvgIpc) is 2.86. The van der Waals surface area contributed by atoms with Gasteiger partial charge in [-0.15, -0.1) is 0 Å². The van der Waals surface area contributed by atoms with E-state index in [0.717, 1.165) is 19.5 Å². The molecule has 1 aromatic heterocycles. The molecule has 1 N–H and O–H groups in total. The first-order valence-electron chi connectivity index (χ1n) is 5.85. The Labute approximate surface area is 115 Å². The maximum atomic E-state index is 11.3. The predicted molar refractivity (Wildman–Crippen MR) is 69.7 cm³/mol. The van der Waals surface area contributed by atoms with E-state index in [1.807, 2.05) is 4.90 Å². The van der Waals surface area contributed by atoms with E-state index in [1.54, 1.807) is 0 Å². The maximum Gasteiger partial charge on any atom is 0.341 e. The molecule has 96 valence electrons. The number of anilines is 1. The van der Waals surface area contributed by atoms with Gasteiger partial charge < -0.3 is 10.0 Å². The molecule has 18 heavy (non-hydrogen) atoms. The highest BCUT2D eigenvalue weighted by atomic mass is 35.5. The molecule has 0 unspecified atom stereocenters. The zero-order chi connectivity index (χ0) is 12.9. The summed E-state index contributed by atoms with van der Waals surface area (Å²) in [4.78, 5) is 17.4. The highest BCUT2D eigenvalue weighted by molar-refractivity contribution is 6.36. The van der Waals surface area contributed by atoms with Gasteiger partial charge in [0, 0.05) is 13.1 Å². The first-order valence-corrected chi connectivity index (χ1v) is 6.61. The molecule has 0 bridgehead atoms. The topological polar surface area (TPSA) is 53.4 Å². The molecule has 4 nitrogen and oxygen atoms in total. The Balaban J connectivity index is 2.02. The van der Waals surface area contributed by atoms with Crippen LogP contribution < -0.4 is 4.90 Å². The Morgan fingerprint density at radius 2 is 2.11 bits per heavy atom. The molecule has 6 heteroatoms. The van der Waals surface area contributed by atoms with Gasteiger partial charge in [-0.1, -0.05) is 23.2 Å². The van der Waals surface area contributed by atoms with E-state index >= 15 is 0 Å². The fraction of sp³-hybridized carbons (Fsp3) is 0.500. The van der Waals surface area contributed by atoms with Crippen molar-refractivity contribution < 1.29 is 9.90 Å². The molecule has 1 aliphatic carbocycles. The fourth-order valence-corrected chi connectivity index (χ4v) is 3.11. The Kier molecular flexibility index (Phi) is 2.68. The number of hydrogen-bond acceptors (Lipinski definition) is 3. The molecular formula is C12H12Cl2N2O2. The summed E-state index contributed by atoms with van der Waals surface area (Å²) >= 11 is 11.8. The highest BCUT2D eigenvalue weighted by Crippen LogP contribution is 2.53. The van der Waals surface area contributed by atoms with Crippen molar-refractivity contribution in [2.24, 2.45) is 5.41 Å². The van der Waals surface area contributed by atoms with E-state index < -0.39 is 5.97 Å². The van der Waals surface area contributed by atoms with Crippen molar-refractivity contribution in [3.8, 4) is 0 Å². The number of aromatic carboxylic acids is 1. The second-order valence-corrected chi connectivity index (χ2v) is 5.90. The monoisotopic (exact) mass is 286 g/mol. The van der Waals surface area contributed by atoms with Gasteiger partial charge in [-0.3, -0.25) is 0 Å². The molecule has 3 rings (SSSR count). The number of carboxylic acids is 1. The van der Waals surface area contributed by atoms with Crippen molar-refractivity contribution in [2.75, 3.05) is 18.0 Å². The lowest BCUT2D eigenvalue weighted by Gasteiger charge is -2.20. The molecule has 2 fully saturated rings. The first kappa shape index (κ1) is 12.1. The van der Waals surface area contributed by atoms with Crippen molar-refractivity contribution in [1.82, 2.24) is 4.98 Å². The van der Waals surface area contributed by atoms with Crippen LogP contribution in [0.25, 0.3) is 0 Å². The minimum atomic E-state index is -1.06. The van der Waals surface area contributed by atoms with Crippen LogP contribution in [0.2, 0.25) is 10.2 Å². The van der Waals surface area contributed by atoms with Gasteiger partial charge in [-0.05, 0) is 30.7 Å². The SMILES string of the molecule is O=C(O)c1c(Cl)cc(Cl)nc1N1CCC2(CC2)C1. The van der Waals surface area contributed by atoms with Crippen molar-refractivity contribution in [2.45, 2.75) is 19.3 Å². The second-order valence-electron chi connectivity index (χ2n) is 5.10. The van der Waals surface area contributed by atoms with Crippen molar-refractivity contribution in [1.29, 1.82) is 0 Å². The third-order valence-corrected chi connectivity index (χ3v) is 4.32. The molecule has 1 saturated heterocycles. The highest BCUT2D eigenvalue weighted by Gasteiger charge is 2.48. The Bertz CT molecular complexity index is 529. The minimum absolute atomic E-state index is 0.0544. The molecule has 2 heterocycles. The summed E-state index contributed by atoms with van der Waals surface area (Å²) in [5.74, 6) is -0.653. The second kappa shape index (κ2) is 4.00. The third kappa shape index (κ3) is 1.93. The summed E-state index contributed by atoms with van der Waals surface area (Å²) in [7, 11) is 0. The van der Waals surface area contributed by atoms with Crippen LogP contribution in [0, 0.1) is 5.41 Å². The zero-order valence-corrected chi connectivity index (χ0v) is 11.1. The molecule has 1 saturated carbocycles. The van der Waals surface area contributed by atoms with Gasteiger partial charge in [0.1, 0.15) is 16.5 Å². The predicted octanol–water partition coefficient (Wildman–Crippen LogP) is 3.08. The molecule has 1 aromatic rings. The molecular weight excluding hydrogens is 275 g/mol. The van der Waals surface area contributed by atoms with Gasteiger partial charge in [0.2, 0.25) is 0 Å². The van der Waals surface area contributed by atoms with Gasteiger partial charge in [0.25, 0.3) is 0 Å². The number of pyridine rings is 1. The Morgan fingerprint density at radius 3 is 2.67 bits per heavy atom. The van der Waals surface area contributed by atoms with Crippen LogP contribution in [0.1, 0.15) is 29.6 Å². The number of halogens is 2. The molecule has 0 atom stereocenters. The lowest BCUT2D eigenvalue weighted by Crippen LogP contribution is -2.24. The quantitative estimate of drug-likeness (QED) is 0.849. The van der Waals surface area contributed by atoms with E-state index in [-0.39, 0.29) is 15.7 Å².